The van der Waals surface area contributed by atoms with Crippen LogP contribution in [0.25, 0.3) is 0 Å². The van der Waals surface area contributed by atoms with Crippen molar-refractivity contribution in [2.24, 2.45) is 0 Å². The summed E-state index contributed by atoms with van der Waals surface area (Å²) in [5.41, 5.74) is 0. The van der Waals surface area contributed by atoms with E-state index in [2.05, 4.69) is 27.4 Å². The van der Waals surface area contributed by atoms with Gasteiger partial charge in [-0.2, -0.15) is 0 Å². The third-order valence-electron chi connectivity index (χ3n) is 3.13. The molecule has 116 valence electrons. The lowest BCUT2D eigenvalue weighted by Gasteiger charge is -2.29. The first-order valence-corrected chi connectivity index (χ1v) is 6.68. The molecule has 0 atom stereocenters. The van der Waals surface area contributed by atoms with Gasteiger partial charge in [0, 0.05) is 45.8 Å². The molecule has 1 saturated heterocycles. The van der Waals surface area contributed by atoms with E-state index < -0.39 is 0 Å². The van der Waals surface area contributed by atoms with E-state index in [1.54, 1.807) is 0 Å². The number of piperazine rings is 1. The molecule has 0 unspecified atom stereocenters. The van der Waals surface area contributed by atoms with E-state index in [-0.39, 0.29) is 30.7 Å². The maximum atomic E-state index is 11.5. The average Bonchev–Trinajstić information content (AvgIpc) is 2.36. The molecule has 2 N–H and O–H groups in total. The lowest BCUT2D eigenvalue weighted by molar-refractivity contribution is -0.122. The molecule has 0 radical (unpaired) electrons. The summed E-state index contributed by atoms with van der Waals surface area (Å²) in [7, 11) is 0. The molecule has 1 heterocycles. The SMILES string of the molecule is CCNC(=O)CN(CC)CCN1CCNCC1.Cl.Cl. The van der Waals surface area contributed by atoms with Gasteiger partial charge in [0.2, 0.25) is 5.91 Å². The highest BCUT2D eigenvalue weighted by molar-refractivity contribution is 5.85. The van der Waals surface area contributed by atoms with Crippen LogP contribution in [0.1, 0.15) is 13.8 Å². The molecular weight excluding hydrogens is 287 g/mol. The highest BCUT2D eigenvalue weighted by Gasteiger charge is 2.12. The fourth-order valence-corrected chi connectivity index (χ4v) is 2.02. The number of rotatable bonds is 7. The molecule has 0 saturated carbocycles. The van der Waals surface area contributed by atoms with Gasteiger partial charge in [0.1, 0.15) is 0 Å². The second kappa shape index (κ2) is 12.9. The normalized spacial score (nSPS) is 15.5. The number of carbonyl (C=O) groups excluding carboxylic acids is 1. The number of amides is 1. The van der Waals surface area contributed by atoms with Gasteiger partial charge in [-0.3, -0.25) is 14.6 Å². The molecule has 0 aromatic heterocycles. The highest BCUT2D eigenvalue weighted by Crippen LogP contribution is 1.94. The van der Waals surface area contributed by atoms with Crippen molar-refractivity contribution >= 4 is 30.7 Å². The van der Waals surface area contributed by atoms with Crippen molar-refractivity contribution in [3.8, 4) is 0 Å². The van der Waals surface area contributed by atoms with Crippen molar-refractivity contribution < 1.29 is 4.79 Å². The Kier molecular flexibility index (Phi) is 14.5. The Morgan fingerprint density at radius 3 is 2.42 bits per heavy atom. The zero-order chi connectivity index (χ0) is 12.5. The smallest absolute Gasteiger partial charge is 0.234 e. The maximum absolute atomic E-state index is 11.5. The van der Waals surface area contributed by atoms with Gasteiger partial charge in [-0.05, 0) is 13.5 Å². The zero-order valence-corrected chi connectivity index (χ0v) is 13.6. The Morgan fingerprint density at radius 1 is 1.26 bits per heavy atom. The van der Waals surface area contributed by atoms with Gasteiger partial charge in [0.05, 0.1) is 6.54 Å². The second-order valence-corrected chi connectivity index (χ2v) is 4.41. The van der Waals surface area contributed by atoms with Crippen molar-refractivity contribution in [1.82, 2.24) is 20.4 Å². The van der Waals surface area contributed by atoms with Crippen LogP contribution in [0.4, 0.5) is 0 Å². The van der Waals surface area contributed by atoms with E-state index in [1.165, 1.54) is 0 Å². The van der Waals surface area contributed by atoms with E-state index in [9.17, 15) is 4.79 Å². The van der Waals surface area contributed by atoms with Crippen LogP contribution in [0.2, 0.25) is 0 Å². The predicted octanol–water partition coefficient (Wildman–Crippen LogP) is 0.193. The lowest BCUT2D eigenvalue weighted by atomic mass is 10.3. The number of nitrogens with zero attached hydrogens (tertiary/aromatic N) is 2. The number of hydrogen-bond acceptors (Lipinski definition) is 4. The Bertz CT molecular complexity index is 226. The van der Waals surface area contributed by atoms with Crippen LogP contribution in [0, 0.1) is 0 Å². The Balaban J connectivity index is 0. The molecule has 0 aromatic carbocycles. The molecule has 7 heteroatoms. The third-order valence-corrected chi connectivity index (χ3v) is 3.13. The summed E-state index contributed by atoms with van der Waals surface area (Å²) in [4.78, 5) is 16.1. The van der Waals surface area contributed by atoms with Gasteiger partial charge >= 0.3 is 0 Å². The minimum Gasteiger partial charge on any atom is -0.355 e. The summed E-state index contributed by atoms with van der Waals surface area (Å²) in [6, 6.07) is 0. The first-order valence-electron chi connectivity index (χ1n) is 6.68. The van der Waals surface area contributed by atoms with Gasteiger partial charge in [-0.15, -0.1) is 24.8 Å². The van der Waals surface area contributed by atoms with E-state index >= 15 is 0 Å². The minimum atomic E-state index is 0. The number of carbonyl (C=O) groups is 1. The van der Waals surface area contributed by atoms with Crippen LogP contribution in [-0.2, 0) is 4.79 Å². The van der Waals surface area contributed by atoms with Crippen LogP contribution in [0.5, 0.6) is 0 Å². The summed E-state index contributed by atoms with van der Waals surface area (Å²) in [6.07, 6.45) is 0. The molecule has 0 aromatic rings. The molecule has 0 bridgehead atoms. The lowest BCUT2D eigenvalue weighted by Crippen LogP contribution is -2.47. The molecule has 1 amide bonds. The van der Waals surface area contributed by atoms with Crippen LogP contribution < -0.4 is 10.6 Å². The van der Waals surface area contributed by atoms with E-state index in [0.29, 0.717) is 13.1 Å². The molecule has 1 aliphatic heterocycles. The molecule has 1 rings (SSSR count). The first kappa shape index (κ1) is 21.2. The van der Waals surface area contributed by atoms with Crippen LogP contribution >= 0.6 is 24.8 Å². The van der Waals surface area contributed by atoms with E-state index in [1.807, 2.05) is 6.92 Å². The predicted molar refractivity (Wildman–Crippen MR) is 84.6 cm³/mol. The Hall–Kier alpha value is -0.0700. The highest BCUT2D eigenvalue weighted by atomic mass is 35.5. The fourth-order valence-electron chi connectivity index (χ4n) is 2.02. The van der Waals surface area contributed by atoms with E-state index in [0.717, 1.165) is 45.8 Å². The fraction of sp³-hybridized carbons (Fsp3) is 0.917. The second-order valence-electron chi connectivity index (χ2n) is 4.41. The van der Waals surface area contributed by atoms with Gasteiger partial charge in [-0.25, -0.2) is 0 Å². The van der Waals surface area contributed by atoms with Gasteiger partial charge in [0.25, 0.3) is 0 Å². The van der Waals surface area contributed by atoms with Crippen molar-refractivity contribution in [3.05, 3.63) is 0 Å². The molecule has 0 aliphatic carbocycles. The number of likely N-dealkylation sites (N-methyl/N-ethyl adjacent to an activating group) is 2. The van der Waals surface area contributed by atoms with Crippen LogP contribution in [-0.4, -0.2) is 74.6 Å². The average molecular weight is 315 g/mol. The summed E-state index contributed by atoms with van der Waals surface area (Å²) >= 11 is 0. The van der Waals surface area contributed by atoms with Crippen LogP contribution in [0.3, 0.4) is 0 Å². The molecule has 19 heavy (non-hydrogen) atoms. The first-order chi connectivity index (χ1) is 8.26. The monoisotopic (exact) mass is 314 g/mol. The summed E-state index contributed by atoms with van der Waals surface area (Å²) in [5, 5.41) is 6.19. The topological polar surface area (TPSA) is 47.6 Å². The van der Waals surface area contributed by atoms with E-state index in [4.69, 9.17) is 0 Å². The number of hydrogen-bond donors (Lipinski definition) is 2. The van der Waals surface area contributed by atoms with Gasteiger partial charge < -0.3 is 10.6 Å². The van der Waals surface area contributed by atoms with Gasteiger partial charge in [0.15, 0.2) is 0 Å². The standard InChI is InChI=1S/C12H26N4O.2ClH/c1-3-14-12(17)11-15(4-2)9-10-16-7-5-13-6-8-16;;/h13H,3-11H2,1-2H3,(H,14,17);2*1H. The number of nitrogens with one attached hydrogen (secondary N) is 2. The molecule has 1 fully saturated rings. The molecule has 0 spiro atoms. The van der Waals surface area contributed by atoms with Crippen molar-refractivity contribution in [2.45, 2.75) is 13.8 Å². The summed E-state index contributed by atoms with van der Waals surface area (Å²) in [6.45, 7) is 12.7. The molecule has 5 nitrogen and oxygen atoms in total. The van der Waals surface area contributed by atoms with Crippen molar-refractivity contribution in [2.75, 3.05) is 58.9 Å². The minimum absolute atomic E-state index is 0. The largest absolute Gasteiger partial charge is 0.355 e. The molecule has 1 aliphatic rings. The van der Waals surface area contributed by atoms with Gasteiger partial charge in [-0.1, -0.05) is 6.92 Å². The maximum Gasteiger partial charge on any atom is 0.234 e. The van der Waals surface area contributed by atoms with Crippen molar-refractivity contribution in [3.63, 3.8) is 0 Å². The Morgan fingerprint density at radius 2 is 1.89 bits per heavy atom. The molecular formula is C12H28Cl2N4O. The summed E-state index contributed by atoms with van der Waals surface area (Å²) in [5.74, 6) is 0.134. The third kappa shape index (κ3) is 9.46. The summed E-state index contributed by atoms with van der Waals surface area (Å²) < 4.78 is 0. The number of halogens is 2. The van der Waals surface area contributed by atoms with Crippen molar-refractivity contribution in [1.29, 1.82) is 0 Å². The Labute approximate surface area is 129 Å². The zero-order valence-electron chi connectivity index (χ0n) is 12.0. The van der Waals surface area contributed by atoms with Crippen LogP contribution in [0.15, 0.2) is 0 Å². The quantitative estimate of drug-likeness (QED) is 0.704.